The smallest absolute Gasteiger partial charge is 0.0629 e. The van der Waals surface area contributed by atoms with Gasteiger partial charge in [0.05, 0.1) is 5.69 Å². The van der Waals surface area contributed by atoms with E-state index in [0.29, 0.717) is 0 Å². The number of piperidine rings is 1. The quantitative estimate of drug-likeness (QED) is 0.852. The van der Waals surface area contributed by atoms with E-state index < -0.39 is 0 Å². The molecule has 0 aromatic heterocycles. The van der Waals surface area contributed by atoms with Crippen LogP contribution in [0.15, 0.2) is 21.1 Å². The van der Waals surface area contributed by atoms with E-state index in [1.807, 2.05) is 0 Å². The van der Waals surface area contributed by atoms with Gasteiger partial charge in [-0.15, -0.1) is 0 Å². The summed E-state index contributed by atoms with van der Waals surface area (Å²) >= 11 is 7.24. The molecule has 94 valence electrons. The minimum atomic E-state index is 0.788. The lowest BCUT2D eigenvalue weighted by atomic mass is 9.98. The standard InChI is InChI=1S/C13H18Br2N2/c1-9-6-11(14)13(12(15)7-9)17-8-10-2-4-16-5-3-10/h6-7,10,16-17H,2-5,8H2,1H3. The molecule has 0 bridgehead atoms. The number of hydrogen-bond acceptors (Lipinski definition) is 2. The minimum Gasteiger partial charge on any atom is -0.383 e. The maximum absolute atomic E-state index is 3.62. The van der Waals surface area contributed by atoms with Crippen LogP contribution < -0.4 is 10.6 Å². The maximum atomic E-state index is 3.62. The molecule has 1 heterocycles. The number of rotatable bonds is 3. The Balaban J connectivity index is 1.98. The van der Waals surface area contributed by atoms with Crippen LogP contribution in [0.2, 0.25) is 0 Å². The van der Waals surface area contributed by atoms with E-state index in [4.69, 9.17) is 0 Å². The third-order valence-electron chi connectivity index (χ3n) is 3.21. The van der Waals surface area contributed by atoms with Crippen molar-refractivity contribution in [3.8, 4) is 0 Å². The summed E-state index contributed by atoms with van der Waals surface area (Å²) in [6, 6.07) is 4.30. The van der Waals surface area contributed by atoms with Crippen LogP contribution in [0, 0.1) is 12.8 Å². The van der Waals surface area contributed by atoms with Gasteiger partial charge < -0.3 is 10.6 Å². The first-order valence-corrected chi connectivity index (χ1v) is 7.65. The van der Waals surface area contributed by atoms with Crippen LogP contribution in [0.3, 0.4) is 0 Å². The second-order valence-corrected chi connectivity index (χ2v) is 6.39. The fourth-order valence-corrected chi connectivity index (χ4v) is 3.90. The summed E-state index contributed by atoms with van der Waals surface area (Å²) in [6.45, 7) is 5.47. The molecular weight excluding hydrogens is 344 g/mol. The Kier molecular flexibility index (Phi) is 4.88. The molecule has 0 unspecified atom stereocenters. The number of halogens is 2. The van der Waals surface area contributed by atoms with E-state index in [9.17, 15) is 0 Å². The molecule has 1 aromatic carbocycles. The minimum absolute atomic E-state index is 0.788. The molecule has 17 heavy (non-hydrogen) atoms. The van der Waals surface area contributed by atoms with E-state index >= 15 is 0 Å². The Morgan fingerprint density at radius 2 is 1.82 bits per heavy atom. The van der Waals surface area contributed by atoms with Crippen LogP contribution >= 0.6 is 31.9 Å². The molecule has 0 atom stereocenters. The number of aryl methyl sites for hydroxylation is 1. The molecule has 0 saturated carbocycles. The molecule has 0 amide bonds. The van der Waals surface area contributed by atoms with Crippen molar-refractivity contribution < 1.29 is 0 Å². The largest absolute Gasteiger partial charge is 0.383 e. The molecule has 2 N–H and O–H groups in total. The van der Waals surface area contributed by atoms with E-state index in [1.54, 1.807) is 0 Å². The molecule has 1 saturated heterocycles. The predicted molar refractivity (Wildman–Crippen MR) is 80.7 cm³/mol. The molecule has 4 heteroatoms. The molecular formula is C13H18Br2N2. The number of nitrogens with one attached hydrogen (secondary N) is 2. The summed E-state index contributed by atoms with van der Waals surface area (Å²) in [4.78, 5) is 0. The van der Waals surface area contributed by atoms with E-state index in [-0.39, 0.29) is 0 Å². The van der Waals surface area contributed by atoms with Gasteiger partial charge in [-0.05, 0) is 88.3 Å². The zero-order valence-corrected chi connectivity index (χ0v) is 13.2. The zero-order chi connectivity index (χ0) is 12.3. The summed E-state index contributed by atoms with van der Waals surface area (Å²) in [5.41, 5.74) is 2.44. The monoisotopic (exact) mass is 360 g/mol. The van der Waals surface area contributed by atoms with Gasteiger partial charge in [0.25, 0.3) is 0 Å². The lowest BCUT2D eigenvalue weighted by Gasteiger charge is -2.24. The molecule has 0 radical (unpaired) electrons. The zero-order valence-electron chi connectivity index (χ0n) is 10.0. The molecule has 1 aromatic rings. The van der Waals surface area contributed by atoms with Crippen LogP contribution in [0.25, 0.3) is 0 Å². The average Bonchev–Trinajstić information content (AvgIpc) is 2.29. The molecule has 2 rings (SSSR count). The van der Waals surface area contributed by atoms with Crippen LogP contribution in [0.1, 0.15) is 18.4 Å². The van der Waals surface area contributed by atoms with Gasteiger partial charge in [-0.3, -0.25) is 0 Å². The van der Waals surface area contributed by atoms with Crippen molar-refractivity contribution in [2.75, 3.05) is 25.0 Å². The number of benzene rings is 1. The first-order chi connectivity index (χ1) is 8.16. The summed E-state index contributed by atoms with van der Waals surface area (Å²) in [5, 5.41) is 6.95. The topological polar surface area (TPSA) is 24.1 Å². The molecule has 1 fully saturated rings. The van der Waals surface area contributed by atoms with Gasteiger partial charge in [-0.1, -0.05) is 0 Å². The van der Waals surface area contributed by atoms with E-state index in [1.165, 1.54) is 24.1 Å². The first kappa shape index (κ1) is 13.4. The Bertz CT molecular complexity index is 364. The van der Waals surface area contributed by atoms with Gasteiger partial charge in [-0.25, -0.2) is 0 Å². The fourth-order valence-electron chi connectivity index (χ4n) is 2.20. The summed E-state index contributed by atoms with van der Waals surface area (Å²) < 4.78 is 2.27. The number of hydrogen-bond donors (Lipinski definition) is 2. The van der Waals surface area contributed by atoms with Crippen molar-refractivity contribution in [1.29, 1.82) is 0 Å². The van der Waals surface area contributed by atoms with Crippen molar-refractivity contribution in [2.45, 2.75) is 19.8 Å². The molecule has 1 aliphatic rings. The van der Waals surface area contributed by atoms with Gasteiger partial charge in [0.1, 0.15) is 0 Å². The lowest BCUT2D eigenvalue weighted by Crippen LogP contribution is -2.31. The molecule has 2 nitrogen and oxygen atoms in total. The van der Waals surface area contributed by atoms with Gasteiger partial charge in [0, 0.05) is 15.5 Å². The van der Waals surface area contributed by atoms with Gasteiger partial charge in [-0.2, -0.15) is 0 Å². The second kappa shape index (κ2) is 6.21. The first-order valence-electron chi connectivity index (χ1n) is 6.07. The highest BCUT2D eigenvalue weighted by atomic mass is 79.9. The van der Waals surface area contributed by atoms with Gasteiger partial charge in [0.2, 0.25) is 0 Å². The van der Waals surface area contributed by atoms with Crippen molar-refractivity contribution in [3.63, 3.8) is 0 Å². The molecule has 0 spiro atoms. The Morgan fingerprint density at radius 1 is 1.24 bits per heavy atom. The molecule has 0 aliphatic carbocycles. The van der Waals surface area contributed by atoms with E-state index in [2.05, 4.69) is 61.5 Å². The maximum Gasteiger partial charge on any atom is 0.0629 e. The molecule has 1 aliphatic heterocycles. The Morgan fingerprint density at radius 3 is 2.41 bits per heavy atom. The van der Waals surface area contributed by atoms with Crippen LogP contribution in [0.5, 0.6) is 0 Å². The van der Waals surface area contributed by atoms with Crippen LogP contribution in [0.4, 0.5) is 5.69 Å². The van der Waals surface area contributed by atoms with Crippen LogP contribution in [-0.2, 0) is 0 Å². The lowest BCUT2D eigenvalue weighted by molar-refractivity contribution is 0.390. The average molecular weight is 362 g/mol. The second-order valence-electron chi connectivity index (χ2n) is 4.68. The Hall–Kier alpha value is -0.0600. The Labute approximate surface area is 120 Å². The number of anilines is 1. The van der Waals surface area contributed by atoms with Gasteiger partial charge >= 0.3 is 0 Å². The summed E-state index contributed by atoms with van der Waals surface area (Å²) in [7, 11) is 0. The third-order valence-corrected chi connectivity index (χ3v) is 4.46. The highest BCUT2D eigenvalue weighted by molar-refractivity contribution is 9.11. The highest BCUT2D eigenvalue weighted by Gasteiger charge is 2.14. The SMILES string of the molecule is Cc1cc(Br)c(NCC2CCNCC2)c(Br)c1. The van der Waals surface area contributed by atoms with Crippen molar-refractivity contribution >= 4 is 37.5 Å². The highest BCUT2D eigenvalue weighted by Crippen LogP contribution is 2.32. The van der Waals surface area contributed by atoms with Gasteiger partial charge in [0.15, 0.2) is 0 Å². The normalized spacial score (nSPS) is 17.1. The fraction of sp³-hybridized carbons (Fsp3) is 0.538. The van der Waals surface area contributed by atoms with Crippen molar-refractivity contribution in [2.24, 2.45) is 5.92 Å². The third kappa shape index (κ3) is 3.70. The predicted octanol–water partition coefficient (Wildman–Crippen LogP) is 3.93. The van der Waals surface area contributed by atoms with Crippen molar-refractivity contribution in [1.82, 2.24) is 5.32 Å². The van der Waals surface area contributed by atoms with Crippen LogP contribution in [-0.4, -0.2) is 19.6 Å². The van der Waals surface area contributed by atoms with E-state index in [0.717, 1.165) is 34.5 Å². The van der Waals surface area contributed by atoms with Crippen molar-refractivity contribution in [3.05, 3.63) is 26.6 Å². The summed E-state index contributed by atoms with van der Waals surface area (Å²) in [5.74, 6) is 0.788. The summed E-state index contributed by atoms with van der Waals surface area (Å²) in [6.07, 6.45) is 2.54.